The first kappa shape index (κ1) is 11.8. The number of aromatic nitrogens is 3. The van der Waals surface area contributed by atoms with Crippen LogP contribution < -0.4 is 5.73 Å². The summed E-state index contributed by atoms with van der Waals surface area (Å²) in [5, 5.41) is 3.93. The predicted molar refractivity (Wildman–Crippen MR) is 69.6 cm³/mol. The van der Waals surface area contributed by atoms with Crippen molar-refractivity contribution in [2.75, 3.05) is 0 Å². The van der Waals surface area contributed by atoms with E-state index in [1.165, 1.54) is 12.8 Å². The van der Waals surface area contributed by atoms with Crippen LogP contribution in [0.4, 0.5) is 0 Å². The molecule has 3 rings (SSSR count). The van der Waals surface area contributed by atoms with Crippen molar-refractivity contribution < 1.29 is 4.52 Å². The van der Waals surface area contributed by atoms with E-state index in [0.29, 0.717) is 29.7 Å². The van der Waals surface area contributed by atoms with Gasteiger partial charge in [-0.25, -0.2) is 0 Å². The van der Waals surface area contributed by atoms with E-state index in [4.69, 9.17) is 10.3 Å². The van der Waals surface area contributed by atoms with E-state index < -0.39 is 0 Å². The fourth-order valence-electron chi connectivity index (χ4n) is 1.84. The minimum absolute atomic E-state index is 0.135. The molecule has 2 N–H and O–H groups in total. The molecular weight excluding hydrogens is 296 g/mol. The lowest BCUT2D eigenvalue weighted by Crippen LogP contribution is -2.25. The highest BCUT2D eigenvalue weighted by atomic mass is 79.9. The highest BCUT2D eigenvalue weighted by molar-refractivity contribution is 9.10. The van der Waals surface area contributed by atoms with Gasteiger partial charge in [0.25, 0.3) is 0 Å². The number of nitrogens with zero attached hydrogens (tertiary/aromatic N) is 3. The second-order valence-electron chi connectivity index (χ2n) is 4.58. The first-order chi connectivity index (χ1) is 8.72. The summed E-state index contributed by atoms with van der Waals surface area (Å²) in [5.41, 5.74) is 6.73. The number of hydrogen-bond donors (Lipinski definition) is 1. The van der Waals surface area contributed by atoms with Crippen LogP contribution in [0.3, 0.4) is 0 Å². The van der Waals surface area contributed by atoms with Gasteiger partial charge in [-0.2, -0.15) is 4.98 Å². The third-order valence-corrected chi connectivity index (χ3v) is 3.53. The summed E-state index contributed by atoms with van der Waals surface area (Å²) in [6, 6.07) is 3.88. The molecule has 2 aromatic heterocycles. The summed E-state index contributed by atoms with van der Waals surface area (Å²) in [6.07, 6.45) is 4.79. The van der Waals surface area contributed by atoms with E-state index in [1.807, 2.05) is 12.1 Å². The fourth-order valence-corrected chi connectivity index (χ4v) is 2.08. The van der Waals surface area contributed by atoms with Gasteiger partial charge >= 0.3 is 0 Å². The van der Waals surface area contributed by atoms with E-state index in [-0.39, 0.29) is 6.04 Å². The molecule has 1 fully saturated rings. The molecule has 0 spiro atoms. The predicted octanol–water partition coefficient (Wildman–Crippen LogP) is 2.17. The van der Waals surface area contributed by atoms with E-state index in [9.17, 15) is 0 Å². The Morgan fingerprint density at radius 2 is 2.28 bits per heavy atom. The first-order valence-electron chi connectivity index (χ1n) is 5.92. The SMILES string of the molecule is NC(Cc1nc(-c2ccc(Br)cn2)no1)C1CC1. The molecule has 0 radical (unpaired) electrons. The average molecular weight is 309 g/mol. The molecule has 1 unspecified atom stereocenters. The summed E-state index contributed by atoms with van der Waals surface area (Å²) in [7, 11) is 0. The lowest BCUT2D eigenvalue weighted by atomic mass is 10.1. The van der Waals surface area contributed by atoms with Crippen molar-refractivity contribution in [3.8, 4) is 11.5 Å². The van der Waals surface area contributed by atoms with Crippen molar-refractivity contribution >= 4 is 15.9 Å². The van der Waals surface area contributed by atoms with Gasteiger partial charge in [-0.1, -0.05) is 5.16 Å². The lowest BCUT2D eigenvalue weighted by Gasteiger charge is -2.04. The molecule has 0 aromatic carbocycles. The molecule has 0 aliphatic heterocycles. The molecule has 1 saturated carbocycles. The Balaban J connectivity index is 1.74. The Morgan fingerprint density at radius 1 is 1.44 bits per heavy atom. The van der Waals surface area contributed by atoms with Gasteiger partial charge in [-0.05, 0) is 46.8 Å². The third-order valence-electron chi connectivity index (χ3n) is 3.06. The van der Waals surface area contributed by atoms with Crippen LogP contribution in [0.2, 0.25) is 0 Å². The van der Waals surface area contributed by atoms with Crippen LogP contribution in [0.15, 0.2) is 27.3 Å². The lowest BCUT2D eigenvalue weighted by molar-refractivity contribution is 0.363. The molecule has 1 atom stereocenters. The minimum atomic E-state index is 0.135. The van der Waals surface area contributed by atoms with Crippen molar-refractivity contribution in [1.29, 1.82) is 0 Å². The molecule has 0 amide bonds. The zero-order valence-corrected chi connectivity index (χ0v) is 11.3. The normalized spacial score (nSPS) is 16.8. The van der Waals surface area contributed by atoms with Gasteiger partial charge in [-0.3, -0.25) is 4.98 Å². The molecule has 1 aliphatic rings. The van der Waals surface area contributed by atoms with Crippen LogP contribution >= 0.6 is 15.9 Å². The Labute approximate surface area is 113 Å². The van der Waals surface area contributed by atoms with Crippen molar-refractivity contribution in [3.63, 3.8) is 0 Å². The van der Waals surface area contributed by atoms with Crippen molar-refractivity contribution in [2.45, 2.75) is 25.3 Å². The van der Waals surface area contributed by atoms with Crippen molar-refractivity contribution in [3.05, 3.63) is 28.7 Å². The Morgan fingerprint density at radius 3 is 2.94 bits per heavy atom. The molecule has 6 heteroatoms. The maximum Gasteiger partial charge on any atom is 0.228 e. The van der Waals surface area contributed by atoms with Crippen LogP contribution in [-0.2, 0) is 6.42 Å². The molecule has 18 heavy (non-hydrogen) atoms. The molecule has 0 saturated heterocycles. The molecular formula is C12H13BrN4O. The molecule has 94 valence electrons. The van der Waals surface area contributed by atoms with Gasteiger partial charge < -0.3 is 10.3 Å². The van der Waals surface area contributed by atoms with E-state index >= 15 is 0 Å². The smallest absolute Gasteiger partial charge is 0.228 e. The molecule has 2 aromatic rings. The van der Waals surface area contributed by atoms with Crippen molar-refractivity contribution in [2.24, 2.45) is 11.7 Å². The Bertz CT molecular complexity index is 535. The second kappa shape index (κ2) is 4.78. The quantitative estimate of drug-likeness (QED) is 0.936. The summed E-state index contributed by atoms with van der Waals surface area (Å²) in [6.45, 7) is 0. The van der Waals surface area contributed by atoms with Gasteiger partial charge in [0.1, 0.15) is 5.69 Å². The van der Waals surface area contributed by atoms with Gasteiger partial charge in [0.05, 0.1) is 0 Å². The molecule has 1 aliphatic carbocycles. The molecule has 2 heterocycles. The maximum absolute atomic E-state index is 6.03. The first-order valence-corrected chi connectivity index (χ1v) is 6.72. The van der Waals surface area contributed by atoms with Crippen molar-refractivity contribution in [1.82, 2.24) is 15.1 Å². The number of halogens is 1. The van der Waals surface area contributed by atoms with Gasteiger partial charge in [-0.15, -0.1) is 0 Å². The summed E-state index contributed by atoms with van der Waals surface area (Å²) >= 11 is 3.34. The molecule has 5 nitrogen and oxygen atoms in total. The van der Waals surface area contributed by atoms with E-state index in [2.05, 4.69) is 31.1 Å². The van der Waals surface area contributed by atoms with Crippen LogP contribution in [-0.4, -0.2) is 21.2 Å². The van der Waals surface area contributed by atoms with Crippen LogP contribution in [0, 0.1) is 5.92 Å². The standard InChI is InChI=1S/C12H13BrN4O/c13-8-3-4-10(15-6-8)12-16-11(18-17-12)5-9(14)7-1-2-7/h3-4,6-7,9H,1-2,5,14H2. The second-order valence-corrected chi connectivity index (χ2v) is 5.49. The minimum Gasteiger partial charge on any atom is -0.339 e. The molecule has 0 bridgehead atoms. The fraction of sp³-hybridized carbons (Fsp3) is 0.417. The van der Waals surface area contributed by atoms with Crippen LogP contribution in [0.1, 0.15) is 18.7 Å². The average Bonchev–Trinajstić information content (AvgIpc) is 3.12. The number of rotatable bonds is 4. The van der Waals surface area contributed by atoms with E-state index in [1.54, 1.807) is 6.20 Å². The Kier molecular flexibility index (Phi) is 3.13. The summed E-state index contributed by atoms with van der Waals surface area (Å²) in [5.74, 6) is 1.74. The Hall–Kier alpha value is -1.27. The summed E-state index contributed by atoms with van der Waals surface area (Å²) < 4.78 is 6.13. The summed E-state index contributed by atoms with van der Waals surface area (Å²) in [4.78, 5) is 8.55. The van der Waals surface area contributed by atoms with Crippen LogP contribution in [0.5, 0.6) is 0 Å². The van der Waals surface area contributed by atoms with Gasteiger partial charge in [0, 0.05) is 23.1 Å². The highest BCUT2D eigenvalue weighted by Gasteiger charge is 2.29. The van der Waals surface area contributed by atoms with Gasteiger partial charge in [0.2, 0.25) is 11.7 Å². The topological polar surface area (TPSA) is 77.8 Å². The zero-order chi connectivity index (χ0) is 12.5. The third kappa shape index (κ3) is 2.59. The zero-order valence-electron chi connectivity index (χ0n) is 9.71. The highest BCUT2D eigenvalue weighted by Crippen LogP contribution is 2.32. The largest absolute Gasteiger partial charge is 0.339 e. The van der Waals surface area contributed by atoms with E-state index in [0.717, 1.165) is 4.47 Å². The number of hydrogen-bond acceptors (Lipinski definition) is 5. The monoisotopic (exact) mass is 308 g/mol. The van der Waals surface area contributed by atoms with Gasteiger partial charge in [0.15, 0.2) is 0 Å². The number of nitrogens with two attached hydrogens (primary N) is 1. The van der Waals surface area contributed by atoms with Crippen LogP contribution in [0.25, 0.3) is 11.5 Å². The maximum atomic E-state index is 6.03. The number of pyridine rings is 1.